The molecule has 1 aliphatic rings. The number of halogens is 1. The Kier molecular flexibility index (Phi) is 8.55. The highest BCUT2D eigenvalue weighted by atomic mass is 35.5. The van der Waals surface area contributed by atoms with Crippen LogP contribution in [0, 0.1) is 6.92 Å². The number of esters is 1. The fourth-order valence-electron chi connectivity index (χ4n) is 4.01. The zero-order chi connectivity index (χ0) is 24.0. The van der Waals surface area contributed by atoms with Crippen LogP contribution in [0.2, 0.25) is 5.02 Å². The monoisotopic (exact) mass is 477 g/mol. The molecule has 0 N–H and O–H groups in total. The van der Waals surface area contributed by atoms with Crippen LogP contribution in [0.3, 0.4) is 0 Å². The second-order valence-electron chi connectivity index (χ2n) is 7.55. The Bertz CT molecular complexity index is 1010. The van der Waals surface area contributed by atoms with Crippen molar-refractivity contribution in [1.82, 2.24) is 4.90 Å². The van der Waals surface area contributed by atoms with Gasteiger partial charge in [0.15, 0.2) is 13.6 Å². The molecule has 0 spiro atoms. The summed E-state index contributed by atoms with van der Waals surface area (Å²) in [7, 11) is 4.34. The van der Waals surface area contributed by atoms with Gasteiger partial charge in [-0.3, -0.25) is 4.79 Å². The van der Waals surface area contributed by atoms with E-state index in [-0.39, 0.29) is 30.6 Å². The van der Waals surface area contributed by atoms with Gasteiger partial charge in [0.2, 0.25) is 0 Å². The summed E-state index contributed by atoms with van der Waals surface area (Å²) in [4.78, 5) is 27.6. The van der Waals surface area contributed by atoms with Gasteiger partial charge in [-0.05, 0) is 43.0 Å². The molecule has 2 aromatic rings. The van der Waals surface area contributed by atoms with Gasteiger partial charge in [-0.1, -0.05) is 23.7 Å². The Labute approximate surface area is 198 Å². The van der Waals surface area contributed by atoms with Gasteiger partial charge in [0.25, 0.3) is 5.91 Å². The molecule has 1 heterocycles. The summed E-state index contributed by atoms with van der Waals surface area (Å²) >= 11 is 6.38. The summed E-state index contributed by atoms with van der Waals surface area (Å²) in [6.45, 7) is 2.39. The first-order chi connectivity index (χ1) is 15.9. The maximum Gasteiger partial charge on any atom is 0.338 e. The van der Waals surface area contributed by atoms with E-state index in [1.807, 2.05) is 19.1 Å². The van der Waals surface area contributed by atoms with Crippen LogP contribution in [0.1, 0.15) is 50.7 Å². The second kappa shape index (κ2) is 11.4. The Balaban J connectivity index is 1.97. The Morgan fingerprint density at radius 1 is 1.03 bits per heavy atom. The van der Waals surface area contributed by atoms with E-state index in [1.165, 1.54) is 27.4 Å². The third kappa shape index (κ3) is 5.40. The van der Waals surface area contributed by atoms with Crippen molar-refractivity contribution in [3.05, 3.63) is 57.6 Å². The first kappa shape index (κ1) is 24.8. The topological polar surface area (TPSA) is 83.5 Å². The lowest BCUT2D eigenvalue weighted by Crippen LogP contribution is -2.31. The number of carbonyl (C=O) groups excluding carboxylic acids is 2. The molecule has 1 aliphatic heterocycles. The summed E-state index contributed by atoms with van der Waals surface area (Å²) in [5.74, 6) is -0.00521. The minimum absolute atomic E-state index is 0.000736. The molecular weight excluding hydrogens is 450 g/mol. The highest BCUT2D eigenvalue weighted by Gasteiger charge is 2.34. The largest absolute Gasteiger partial charge is 0.467 e. The lowest BCUT2D eigenvalue weighted by atomic mass is 9.95. The molecule has 0 aromatic heterocycles. The van der Waals surface area contributed by atoms with E-state index in [2.05, 4.69) is 0 Å². The minimum Gasteiger partial charge on any atom is -0.467 e. The van der Waals surface area contributed by atoms with E-state index < -0.39 is 5.97 Å². The first-order valence-electron chi connectivity index (χ1n) is 10.5. The zero-order valence-electron chi connectivity index (χ0n) is 19.2. The van der Waals surface area contributed by atoms with Gasteiger partial charge in [0.1, 0.15) is 11.5 Å². The van der Waals surface area contributed by atoms with E-state index in [1.54, 1.807) is 17.0 Å². The fraction of sp³-hybridized carbons (Fsp3) is 0.417. The normalized spacial score (nSPS) is 15.4. The van der Waals surface area contributed by atoms with Crippen LogP contribution in [0.15, 0.2) is 30.3 Å². The third-order valence-electron chi connectivity index (χ3n) is 5.58. The fourth-order valence-corrected chi connectivity index (χ4v) is 4.23. The average Bonchev–Trinajstić information content (AvgIpc) is 3.31. The average molecular weight is 478 g/mol. The number of hydrogen-bond donors (Lipinski definition) is 0. The van der Waals surface area contributed by atoms with Crippen LogP contribution < -0.4 is 9.47 Å². The molecule has 8 nitrogen and oxygen atoms in total. The van der Waals surface area contributed by atoms with E-state index in [4.69, 9.17) is 35.3 Å². The molecular formula is C24H28ClNO7. The van der Waals surface area contributed by atoms with E-state index in [0.717, 1.165) is 24.0 Å². The number of carbonyl (C=O) groups is 2. The van der Waals surface area contributed by atoms with Crippen molar-refractivity contribution in [3.63, 3.8) is 0 Å². The van der Waals surface area contributed by atoms with Gasteiger partial charge in [-0.2, -0.15) is 0 Å². The van der Waals surface area contributed by atoms with E-state index >= 15 is 0 Å². The molecule has 1 atom stereocenters. The number of rotatable bonds is 9. The van der Waals surface area contributed by atoms with Crippen LogP contribution in [-0.4, -0.2) is 58.2 Å². The predicted octanol–water partition coefficient (Wildman–Crippen LogP) is 4.38. The zero-order valence-corrected chi connectivity index (χ0v) is 19.9. The Morgan fingerprint density at radius 2 is 1.73 bits per heavy atom. The van der Waals surface area contributed by atoms with Crippen molar-refractivity contribution in [2.45, 2.75) is 25.8 Å². The molecule has 2 aromatic carbocycles. The number of amides is 1. The summed E-state index contributed by atoms with van der Waals surface area (Å²) < 4.78 is 26.0. The Morgan fingerprint density at radius 3 is 2.39 bits per heavy atom. The predicted molar refractivity (Wildman–Crippen MR) is 122 cm³/mol. The first-order valence-corrected chi connectivity index (χ1v) is 10.9. The SMILES string of the molecule is COCOc1cc(OCOC)c(C(=O)N2CCCC2c2cccc(C(=O)OC)c2C)cc1Cl. The lowest BCUT2D eigenvalue weighted by Gasteiger charge is -2.28. The van der Waals surface area contributed by atoms with Crippen LogP contribution in [0.5, 0.6) is 11.5 Å². The number of benzene rings is 2. The van der Waals surface area contributed by atoms with Gasteiger partial charge in [0.05, 0.1) is 29.3 Å². The molecule has 0 saturated carbocycles. The maximum atomic E-state index is 13.7. The Hall–Kier alpha value is -2.81. The van der Waals surface area contributed by atoms with Crippen molar-refractivity contribution in [1.29, 1.82) is 0 Å². The van der Waals surface area contributed by atoms with Crippen LogP contribution in [0.25, 0.3) is 0 Å². The van der Waals surface area contributed by atoms with Gasteiger partial charge in [-0.15, -0.1) is 0 Å². The minimum atomic E-state index is -0.404. The summed E-state index contributed by atoms with van der Waals surface area (Å²) in [6, 6.07) is 8.37. The van der Waals surface area contributed by atoms with Crippen molar-refractivity contribution >= 4 is 23.5 Å². The molecule has 3 rings (SSSR count). The molecule has 1 fully saturated rings. The van der Waals surface area contributed by atoms with Crippen molar-refractivity contribution in [3.8, 4) is 11.5 Å². The van der Waals surface area contributed by atoms with E-state index in [0.29, 0.717) is 29.2 Å². The molecule has 9 heteroatoms. The molecule has 33 heavy (non-hydrogen) atoms. The molecule has 1 unspecified atom stereocenters. The highest BCUT2D eigenvalue weighted by Crippen LogP contribution is 2.39. The number of methoxy groups -OCH3 is 3. The second-order valence-corrected chi connectivity index (χ2v) is 7.96. The van der Waals surface area contributed by atoms with Gasteiger partial charge < -0.3 is 28.6 Å². The van der Waals surface area contributed by atoms with Crippen LogP contribution >= 0.6 is 11.6 Å². The van der Waals surface area contributed by atoms with Crippen molar-refractivity contribution < 1.29 is 33.3 Å². The van der Waals surface area contributed by atoms with Crippen molar-refractivity contribution in [2.24, 2.45) is 0 Å². The molecule has 1 amide bonds. The summed E-state index contributed by atoms with van der Waals surface area (Å²) in [6.07, 6.45) is 1.60. The van der Waals surface area contributed by atoms with Gasteiger partial charge >= 0.3 is 5.97 Å². The molecule has 1 saturated heterocycles. The van der Waals surface area contributed by atoms with Gasteiger partial charge in [-0.25, -0.2) is 4.79 Å². The highest BCUT2D eigenvalue weighted by molar-refractivity contribution is 6.32. The maximum absolute atomic E-state index is 13.7. The van der Waals surface area contributed by atoms with Crippen LogP contribution in [-0.2, 0) is 14.2 Å². The number of ether oxygens (including phenoxy) is 5. The summed E-state index contributed by atoms with van der Waals surface area (Å²) in [5.41, 5.74) is 2.50. The summed E-state index contributed by atoms with van der Waals surface area (Å²) in [5, 5.41) is 0.264. The number of likely N-dealkylation sites (tertiary alicyclic amines) is 1. The smallest absolute Gasteiger partial charge is 0.338 e. The molecule has 0 bridgehead atoms. The lowest BCUT2D eigenvalue weighted by molar-refractivity contribution is 0.0448. The van der Waals surface area contributed by atoms with Crippen molar-refractivity contribution in [2.75, 3.05) is 41.5 Å². The molecule has 0 radical (unpaired) electrons. The number of nitrogens with zero attached hydrogens (tertiary/aromatic N) is 1. The number of hydrogen-bond acceptors (Lipinski definition) is 7. The standard InChI is InChI=1S/C24H28ClNO7/c1-15-16(7-5-8-17(15)24(28)31-4)20-9-6-10-26(20)23(27)18-11-19(25)22(33-14-30-3)12-21(18)32-13-29-2/h5,7-8,11-12,20H,6,9-10,13-14H2,1-4H3. The van der Waals surface area contributed by atoms with Gasteiger partial charge in [0, 0.05) is 26.8 Å². The molecule has 178 valence electrons. The third-order valence-corrected chi connectivity index (χ3v) is 5.88. The quantitative estimate of drug-likeness (QED) is 0.391. The van der Waals surface area contributed by atoms with E-state index in [9.17, 15) is 9.59 Å². The molecule has 0 aliphatic carbocycles. The van der Waals surface area contributed by atoms with Crippen LogP contribution in [0.4, 0.5) is 0 Å².